The van der Waals surface area contributed by atoms with Crippen molar-refractivity contribution < 1.29 is 4.39 Å². The number of nitrogens with zero attached hydrogens (tertiary/aromatic N) is 4. The lowest BCUT2D eigenvalue weighted by atomic mass is 10.1. The maximum atomic E-state index is 14.7. The van der Waals surface area contributed by atoms with Crippen LogP contribution in [0.4, 0.5) is 21.6 Å². The summed E-state index contributed by atoms with van der Waals surface area (Å²) in [7, 11) is 0. The summed E-state index contributed by atoms with van der Waals surface area (Å²) in [6.07, 6.45) is 3.00. The minimum Gasteiger partial charge on any atom is -0.355 e. The van der Waals surface area contributed by atoms with Crippen molar-refractivity contribution in [1.29, 1.82) is 0 Å². The van der Waals surface area contributed by atoms with Crippen molar-refractivity contribution >= 4 is 39.7 Å². The number of aromatic nitrogens is 2. The molecule has 2 aromatic heterocycles. The van der Waals surface area contributed by atoms with Gasteiger partial charge in [0.25, 0.3) is 0 Å². The van der Waals surface area contributed by atoms with E-state index in [4.69, 9.17) is 16.6 Å². The van der Waals surface area contributed by atoms with E-state index in [9.17, 15) is 4.39 Å². The molecule has 5 nitrogen and oxygen atoms in total. The predicted octanol–water partition coefficient (Wildman–Crippen LogP) is 6.09. The molecule has 0 unspecified atom stereocenters. The number of likely N-dealkylation sites (N-methyl/N-ethyl adjacent to an activating group) is 1. The third-order valence-corrected chi connectivity index (χ3v) is 6.85. The molecule has 0 radical (unpaired) electrons. The summed E-state index contributed by atoms with van der Waals surface area (Å²) in [5, 5.41) is 5.02. The van der Waals surface area contributed by atoms with E-state index in [0.29, 0.717) is 23.4 Å². The van der Waals surface area contributed by atoms with Gasteiger partial charge < -0.3 is 15.1 Å². The fourth-order valence-corrected chi connectivity index (χ4v) is 4.73. The first-order valence-corrected chi connectivity index (χ1v) is 12.5. The van der Waals surface area contributed by atoms with Crippen molar-refractivity contribution in [3.63, 3.8) is 0 Å². The number of piperazine rings is 1. The monoisotopic (exact) mass is 489 g/mol. The first-order valence-electron chi connectivity index (χ1n) is 12.1. The summed E-state index contributed by atoms with van der Waals surface area (Å²) >= 11 is 6.11. The molecule has 7 heteroatoms. The van der Waals surface area contributed by atoms with Crippen LogP contribution in [-0.4, -0.2) is 47.6 Å². The van der Waals surface area contributed by atoms with E-state index in [1.807, 2.05) is 36.4 Å². The Kier molecular flexibility index (Phi) is 7.11. The van der Waals surface area contributed by atoms with Crippen LogP contribution in [0.5, 0.6) is 0 Å². The molecule has 0 amide bonds. The lowest BCUT2D eigenvalue weighted by Gasteiger charge is -2.34. The van der Waals surface area contributed by atoms with Crippen LogP contribution in [0.25, 0.3) is 10.9 Å². The minimum absolute atomic E-state index is 0.200. The molecule has 1 aliphatic rings. The second-order valence-electron chi connectivity index (χ2n) is 8.86. The molecule has 4 aromatic rings. The Morgan fingerprint density at radius 2 is 1.83 bits per heavy atom. The summed E-state index contributed by atoms with van der Waals surface area (Å²) in [6.45, 7) is 7.39. The Hall–Kier alpha value is -3.22. The Balaban J connectivity index is 1.28. The van der Waals surface area contributed by atoms with Crippen molar-refractivity contribution in [3.05, 3.63) is 89.0 Å². The number of hydrogen-bond donors (Lipinski definition) is 1. The van der Waals surface area contributed by atoms with Gasteiger partial charge in [0.05, 0.1) is 5.52 Å². The molecule has 1 aliphatic heterocycles. The summed E-state index contributed by atoms with van der Waals surface area (Å²) in [4.78, 5) is 14.1. The zero-order valence-corrected chi connectivity index (χ0v) is 20.6. The van der Waals surface area contributed by atoms with Gasteiger partial charge in [-0.05, 0) is 79.5 Å². The smallest absolute Gasteiger partial charge is 0.128 e. The standard InChI is InChI=1S/C28H29ClFN5/c1-2-34-14-16-35(17-15-34)28-5-3-4-22(33-28)8-6-20-18-23(9-11-25(20)30)32-26-12-13-31-27-19-21(29)7-10-24(26)27/h3-5,7,9-13,18-19H,2,6,8,14-17H2,1H3,(H,31,32). The van der Waals surface area contributed by atoms with E-state index in [2.05, 4.69) is 39.2 Å². The third kappa shape index (κ3) is 5.55. The molecule has 0 bridgehead atoms. The van der Waals surface area contributed by atoms with Crippen molar-refractivity contribution in [2.45, 2.75) is 19.8 Å². The molecule has 1 saturated heterocycles. The highest BCUT2D eigenvalue weighted by atomic mass is 35.5. The molecule has 0 aliphatic carbocycles. The number of anilines is 3. The van der Waals surface area contributed by atoms with Crippen LogP contribution in [0.15, 0.2) is 66.9 Å². The predicted molar refractivity (Wildman–Crippen MR) is 142 cm³/mol. The van der Waals surface area contributed by atoms with Crippen molar-refractivity contribution in [2.24, 2.45) is 0 Å². The van der Waals surface area contributed by atoms with Gasteiger partial charge in [-0.15, -0.1) is 0 Å². The van der Waals surface area contributed by atoms with Gasteiger partial charge in [-0.3, -0.25) is 4.98 Å². The summed E-state index contributed by atoms with van der Waals surface area (Å²) in [5.41, 5.74) is 4.20. The molecule has 35 heavy (non-hydrogen) atoms. The summed E-state index contributed by atoms with van der Waals surface area (Å²) in [5.74, 6) is 0.813. The number of rotatable bonds is 7. The van der Waals surface area contributed by atoms with Crippen LogP contribution in [0.1, 0.15) is 18.2 Å². The number of hydrogen-bond acceptors (Lipinski definition) is 5. The fourth-order valence-electron chi connectivity index (χ4n) is 4.57. The molecule has 0 spiro atoms. The Morgan fingerprint density at radius 1 is 0.971 bits per heavy atom. The molecule has 1 fully saturated rings. The number of nitrogens with one attached hydrogen (secondary N) is 1. The van der Waals surface area contributed by atoms with Crippen LogP contribution >= 0.6 is 11.6 Å². The van der Waals surface area contributed by atoms with Crippen LogP contribution in [0.3, 0.4) is 0 Å². The van der Waals surface area contributed by atoms with Gasteiger partial charge in [0.2, 0.25) is 0 Å². The van der Waals surface area contributed by atoms with Gasteiger partial charge in [0.1, 0.15) is 11.6 Å². The molecule has 3 heterocycles. The van der Waals surface area contributed by atoms with Crippen molar-refractivity contribution in [1.82, 2.24) is 14.9 Å². The summed E-state index contributed by atoms with van der Waals surface area (Å²) < 4.78 is 14.7. The molecule has 2 aromatic carbocycles. The normalized spacial score (nSPS) is 14.4. The minimum atomic E-state index is -0.200. The molecule has 180 valence electrons. The Morgan fingerprint density at radius 3 is 2.66 bits per heavy atom. The highest BCUT2D eigenvalue weighted by Gasteiger charge is 2.17. The fraction of sp³-hybridized carbons (Fsp3) is 0.286. The second kappa shape index (κ2) is 10.6. The van der Waals surface area contributed by atoms with Gasteiger partial charge in [-0.2, -0.15) is 0 Å². The largest absolute Gasteiger partial charge is 0.355 e. The maximum absolute atomic E-state index is 14.7. The van der Waals surface area contributed by atoms with Crippen LogP contribution in [-0.2, 0) is 12.8 Å². The van der Waals surface area contributed by atoms with Gasteiger partial charge in [-0.25, -0.2) is 9.37 Å². The lowest BCUT2D eigenvalue weighted by molar-refractivity contribution is 0.270. The Bertz CT molecular complexity index is 1320. The van der Waals surface area contributed by atoms with Crippen LogP contribution in [0, 0.1) is 5.82 Å². The molecule has 5 rings (SSSR count). The lowest BCUT2D eigenvalue weighted by Crippen LogP contribution is -2.46. The van der Waals surface area contributed by atoms with Gasteiger partial charge in [0, 0.05) is 59.9 Å². The first-order chi connectivity index (χ1) is 17.1. The molecular weight excluding hydrogens is 461 g/mol. The number of fused-ring (bicyclic) bond motifs is 1. The maximum Gasteiger partial charge on any atom is 0.128 e. The van der Waals surface area contributed by atoms with E-state index < -0.39 is 0 Å². The number of aryl methyl sites for hydroxylation is 2. The van der Waals surface area contributed by atoms with E-state index in [-0.39, 0.29) is 5.82 Å². The van der Waals surface area contributed by atoms with Crippen LogP contribution < -0.4 is 10.2 Å². The average Bonchev–Trinajstić information content (AvgIpc) is 2.89. The topological polar surface area (TPSA) is 44.3 Å². The van der Waals surface area contributed by atoms with Crippen LogP contribution in [0.2, 0.25) is 5.02 Å². The van der Waals surface area contributed by atoms with Gasteiger partial charge >= 0.3 is 0 Å². The quantitative estimate of drug-likeness (QED) is 0.340. The van der Waals surface area contributed by atoms with Crippen molar-refractivity contribution in [2.75, 3.05) is 42.9 Å². The molecule has 0 atom stereocenters. The van der Waals surface area contributed by atoms with Gasteiger partial charge in [-0.1, -0.05) is 24.6 Å². The molecule has 1 N–H and O–H groups in total. The third-order valence-electron chi connectivity index (χ3n) is 6.62. The molecular formula is C28H29ClFN5. The van der Waals surface area contributed by atoms with E-state index in [1.54, 1.807) is 12.3 Å². The van der Waals surface area contributed by atoms with Crippen molar-refractivity contribution in [3.8, 4) is 0 Å². The number of halogens is 2. The Labute approximate surface area is 210 Å². The first kappa shape index (κ1) is 23.5. The molecule has 0 saturated carbocycles. The SMILES string of the molecule is CCN1CCN(c2cccc(CCc3cc(Nc4ccnc5cc(Cl)ccc45)ccc3F)n2)CC1. The summed E-state index contributed by atoms with van der Waals surface area (Å²) in [6, 6.07) is 18.9. The van der Waals surface area contributed by atoms with E-state index in [0.717, 1.165) is 66.5 Å². The average molecular weight is 490 g/mol. The van der Waals surface area contributed by atoms with E-state index in [1.165, 1.54) is 6.07 Å². The highest BCUT2D eigenvalue weighted by molar-refractivity contribution is 6.31. The second-order valence-corrected chi connectivity index (χ2v) is 9.30. The number of benzene rings is 2. The zero-order valence-electron chi connectivity index (χ0n) is 19.8. The van der Waals surface area contributed by atoms with E-state index >= 15 is 0 Å². The number of pyridine rings is 2. The van der Waals surface area contributed by atoms with Gasteiger partial charge in [0.15, 0.2) is 0 Å². The highest BCUT2D eigenvalue weighted by Crippen LogP contribution is 2.28. The zero-order chi connectivity index (χ0) is 24.2.